The maximum absolute atomic E-state index is 13.6. The number of piperidine rings is 1. The Morgan fingerprint density at radius 1 is 0.953 bits per heavy atom. The van der Waals surface area contributed by atoms with Crippen molar-refractivity contribution < 1.29 is 18.0 Å². The topological polar surface area (TPSA) is 98.8 Å². The summed E-state index contributed by atoms with van der Waals surface area (Å²) in [5.41, 5.74) is 1.30. The van der Waals surface area contributed by atoms with E-state index < -0.39 is 22.1 Å². The van der Waals surface area contributed by atoms with E-state index in [0.29, 0.717) is 36.1 Å². The molecule has 0 spiro atoms. The van der Waals surface area contributed by atoms with Gasteiger partial charge in [0.25, 0.3) is 0 Å². The monoisotopic (exact) mass is 672 g/mol. The fraction of sp³-hybridized carbons (Fsp3) is 0.742. The lowest BCUT2D eigenvalue weighted by Crippen LogP contribution is -2.57. The van der Waals surface area contributed by atoms with E-state index in [9.17, 15) is 18.0 Å². The van der Waals surface area contributed by atoms with Gasteiger partial charge in [0.05, 0.1) is 11.1 Å². The van der Waals surface area contributed by atoms with Crippen LogP contribution >= 0.6 is 35.9 Å². The van der Waals surface area contributed by atoms with Crippen molar-refractivity contribution >= 4 is 57.8 Å². The number of nitrogens with one attached hydrogen (secondary N) is 2. The average molecular weight is 673 g/mol. The molecule has 43 heavy (non-hydrogen) atoms. The largest absolute Gasteiger partial charge is 0.351 e. The lowest BCUT2D eigenvalue weighted by Gasteiger charge is -2.33. The zero-order valence-electron chi connectivity index (χ0n) is 25.2. The van der Waals surface area contributed by atoms with Gasteiger partial charge in [-0.05, 0) is 55.8 Å². The summed E-state index contributed by atoms with van der Waals surface area (Å²) < 4.78 is 28.1. The van der Waals surface area contributed by atoms with Gasteiger partial charge in [-0.25, -0.2) is 8.42 Å². The van der Waals surface area contributed by atoms with Crippen LogP contribution in [0.2, 0.25) is 0 Å². The summed E-state index contributed by atoms with van der Waals surface area (Å²) in [7, 11) is -3.53. The number of nitrogens with zero attached hydrogens (tertiary/aromatic N) is 2. The number of hydrogen-bond acceptors (Lipinski definition) is 7. The fourth-order valence-corrected chi connectivity index (χ4v) is 11.8. The molecule has 2 N–H and O–H groups in total. The Morgan fingerprint density at radius 3 is 2.33 bits per heavy atom. The van der Waals surface area contributed by atoms with Gasteiger partial charge in [-0.15, -0.1) is 24.2 Å². The molecular formula is C31H49ClN4O4S3. The van der Waals surface area contributed by atoms with Crippen molar-refractivity contribution in [1.82, 2.24) is 19.8 Å². The second kappa shape index (κ2) is 17.1. The lowest BCUT2D eigenvalue weighted by molar-refractivity contribution is -0.130. The van der Waals surface area contributed by atoms with Crippen LogP contribution in [0.5, 0.6) is 0 Å². The van der Waals surface area contributed by atoms with Gasteiger partial charge in [0.1, 0.15) is 12.1 Å². The standard InChI is InChI=1S/C31H48N4O4S3.ClH/c36-30(32-26-15-17-34(18-16-26)19-24-9-3-1-4-10-24)28(21-40-20-25-11-5-2-6-12-25)33-31(37)29-22-41-23-35(29)42(38,39)27-13-7-8-14-27;/h1,3-4,9-10,25-29H,2,5-8,11-23H2,(H,32,36)(H,33,37);1H/t28-,29-;/m0./s1. The first-order chi connectivity index (χ1) is 20.4. The number of carbonyl (C=O) groups is 2. The van der Waals surface area contributed by atoms with Crippen LogP contribution in [-0.2, 0) is 26.2 Å². The van der Waals surface area contributed by atoms with E-state index in [4.69, 9.17) is 0 Å². The summed E-state index contributed by atoms with van der Waals surface area (Å²) in [6.45, 7) is 2.75. The predicted octanol–water partition coefficient (Wildman–Crippen LogP) is 4.63. The lowest BCUT2D eigenvalue weighted by atomic mass is 9.91. The molecule has 5 rings (SSSR count). The molecule has 4 aliphatic rings. The van der Waals surface area contributed by atoms with Gasteiger partial charge in [-0.3, -0.25) is 14.5 Å². The van der Waals surface area contributed by atoms with E-state index >= 15 is 0 Å². The van der Waals surface area contributed by atoms with E-state index in [0.717, 1.165) is 51.1 Å². The van der Waals surface area contributed by atoms with Crippen LogP contribution in [0.4, 0.5) is 0 Å². The third kappa shape index (κ3) is 9.75. The molecule has 8 nitrogen and oxygen atoms in total. The third-order valence-electron chi connectivity index (χ3n) is 9.37. The van der Waals surface area contributed by atoms with Crippen LogP contribution in [0.25, 0.3) is 0 Å². The molecule has 0 radical (unpaired) electrons. The van der Waals surface area contributed by atoms with Gasteiger partial charge in [0.15, 0.2) is 0 Å². The Bertz CT molecular complexity index is 1130. The van der Waals surface area contributed by atoms with Crippen molar-refractivity contribution in [3.8, 4) is 0 Å². The first-order valence-corrected chi connectivity index (χ1v) is 19.7. The van der Waals surface area contributed by atoms with Crippen LogP contribution in [0, 0.1) is 5.92 Å². The highest BCUT2D eigenvalue weighted by Gasteiger charge is 2.44. The summed E-state index contributed by atoms with van der Waals surface area (Å²) in [5.74, 6) is 2.45. The van der Waals surface area contributed by atoms with Crippen molar-refractivity contribution in [1.29, 1.82) is 0 Å². The Balaban J connectivity index is 0.00000423. The van der Waals surface area contributed by atoms with E-state index in [1.807, 2.05) is 6.07 Å². The van der Waals surface area contributed by atoms with E-state index in [1.165, 1.54) is 53.7 Å². The molecule has 12 heteroatoms. The zero-order chi connectivity index (χ0) is 29.4. The molecule has 1 aromatic carbocycles. The van der Waals surface area contributed by atoms with Crippen molar-refractivity contribution in [2.45, 2.75) is 101 Å². The van der Waals surface area contributed by atoms with E-state index in [2.05, 4.69) is 39.8 Å². The molecule has 242 valence electrons. The molecule has 2 saturated carbocycles. The molecule has 2 saturated heterocycles. The third-order valence-corrected chi connectivity index (χ3v) is 14.2. The molecule has 0 bridgehead atoms. The number of carbonyl (C=O) groups excluding carboxylic acids is 2. The van der Waals surface area contributed by atoms with Gasteiger partial charge in [0, 0.05) is 37.2 Å². The molecule has 0 unspecified atom stereocenters. The fourth-order valence-electron chi connectivity index (χ4n) is 6.80. The second-order valence-corrected chi connectivity index (χ2v) is 16.7. The van der Waals surface area contributed by atoms with Crippen LogP contribution < -0.4 is 10.6 Å². The second-order valence-electron chi connectivity index (χ2n) is 12.5. The number of likely N-dealkylation sites (tertiary alicyclic amines) is 1. The molecule has 0 aromatic heterocycles. The summed E-state index contributed by atoms with van der Waals surface area (Å²) in [5, 5.41) is 5.88. The molecule has 2 atom stereocenters. The summed E-state index contributed by atoms with van der Waals surface area (Å²) in [4.78, 5) is 29.6. The Kier molecular flexibility index (Phi) is 13.9. The highest BCUT2D eigenvalue weighted by Crippen LogP contribution is 2.33. The van der Waals surface area contributed by atoms with Crippen LogP contribution in [0.15, 0.2) is 30.3 Å². The predicted molar refractivity (Wildman–Crippen MR) is 180 cm³/mol. The zero-order valence-corrected chi connectivity index (χ0v) is 28.4. The maximum Gasteiger partial charge on any atom is 0.243 e. The van der Waals surface area contributed by atoms with Crippen LogP contribution in [0.1, 0.15) is 76.2 Å². The molecule has 2 amide bonds. The van der Waals surface area contributed by atoms with Crippen LogP contribution in [0.3, 0.4) is 0 Å². The number of hydrogen-bond donors (Lipinski definition) is 2. The minimum Gasteiger partial charge on any atom is -0.351 e. The first kappa shape index (κ1) is 34.9. The Hall–Kier alpha value is -0.980. The van der Waals surface area contributed by atoms with Gasteiger partial charge in [-0.1, -0.05) is 62.4 Å². The van der Waals surface area contributed by atoms with Crippen molar-refractivity contribution in [3.05, 3.63) is 35.9 Å². The molecule has 4 fully saturated rings. The smallest absolute Gasteiger partial charge is 0.243 e. The number of sulfonamides is 1. The van der Waals surface area contributed by atoms with Gasteiger partial charge >= 0.3 is 0 Å². The minimum atomic E-state index is -3.53. The van der Waals surface area contributed by atoms with Gasteiger partial charge in [0.2, 0.25) is 21.8 Å². The highest BCUT2D eigenvalue weighted by molar-refractivity contribution is 8.00. The molecular weight excluding hydrogens is 624 g/mol. The molecule has 2 heterocycles. The minimum absolute atomic E-state index is 0. The van der Waals surface area contributed by atoms with Crippen molar-refractivity contribution in [2.24, 2.45) is 5.92 Å². The SMILES string of the molecule is Cl.O=C(NC1CCN(Cc2ccccc2)CC1)[C@H](CSCC1CCCCC1)NC(=O)[C@@H]1CSCN1S(=O)(=O)C1CCCC1. The summed E-state index contributed by atoms with van der Waals surface area (Å²) >= 11 is 3.23. The average Bonchev–Trinajstić information content (AvgIpc) is 3.73. The Labute approximate surface area is 273 Å². The molecule has 2 aliphatic carbocycles. The normalized spacial score (nSPS) is 24.0. The van der Waals surface area contributed by atoms with Crippen molar-refractivity contribution in [2.75, 3.05) is 36.2 Å². The summed E-state index contributed by atoms with van der Waals surface area (Å²) in [6.07, 6.45) is 11.3. The number of rotatable bonds is 12. The van der Waals surface area contributed by atoms with Crippen LogP contribution in [-0.4, -0.2) is 89.0 Å². The van der Waals surface area contributed by atoms with E-state index in [1.54, 1.807) is 11.8 Å². The maximum atomic E-state index is 13.6. The quantitative estimate of drug-likeness (QED) is 0.334. The number of halogens is 1. The van der Waals surface area contributed by atoms with Gasteiger partial charge in [-0.2, -0.15) is 16.1 Å². The van der Waals surface area contributed by atoms with Gasteiger partial charge < -0.3 is 10.6 Å². The first-order valence-electron chi connectivity index (χ1n) is 15.9. The number of amides is 2. The number of benzene rings is 1. The van der Waals surface area contributed by atoms with E-state index in [-0.39, 0.29) is 35.5 Å². The molecule has 1 aromatic rings. The number of thioether (sulfide) groups is 2. The highest BCUT2D eigenvalue weighted by atomic mass is 35.5. The Morgan fingerprint density at radius 2 is 1.63 bits per heavy atom. The van der Waals surface area contributed by atoms with Crippen molar-refractivity contribution in [3.63, 3.8) is 0 Å². The molecule has 2 aliphatic heterocycles. The summed E-state index contributed by atoms with van der Waals surface area (Å²) in [6, 6.07) is 9.12.